The maximum Gasteiger partial charge on any atom is 0.224 e. The molecule has 0 radical (unpaired) electrons. The zero-order chi connectivity index (χ0) is 12.8. The number of rotatable bonds is 5. The van der Waals surface area contributed by atoms with Gasteiger partial charge in [-0.1, -0.05) is 29.8 Å². The third-order valence-electron chi connectivity index (χ3n) is 2.82. The quantitative estimate of drug-likeness (QED) is 0.878. The van der Waals surface area contributed by atoms with E-state index in [0.29, 0.717) is 24.5 Å². The minimum atomic E-state index is -0.336. The molecule has 0 aliphatic rings. The van der Waals surface area contributed by atoms with Gasteiger partial charge in [-0.05, 0) is 25.5 Å². The number of carbonyl (C=O) groups excluding carboxylic acids is 1. The molecule has 0 spiro atoms. The first-order chi connectivity index (χ1) is 8.10. The zero-order valence-corrected chi connectivity index (χ0v) is 11.1. The van der Waals surface area contributed by atoms with Crippen LogP contribution in [0.15, 0.2) is 24.3 Å². The van der Waals surface area contributed by atoms with Crippen LogP contribution in [0.4, 0.5) is 0 Å². The van der Waals surface area contributed by atoms with Crippen molar-refractivity contribution in [3.63, 3.8) is 0 Å². The highest BCUT2D eigenvalue weighted by atomic mass is 35.5. The number of amides is 1. The van der Waals surface area contributed by atoms with Crippen molar-refractivity contribution in [2.75, 3.05) is 13.1 Å². The number of carbonyl (C=O) groups is 1. The molecular formula is C13H19ClN2O. The molecule has 0 saturated heterocycles. The number of nitrogens with two attached hydrogens (primary N) is 1. The van der Waals surface area contributed by atoms with E-state index in [1.807, 2.05) is 32.0 Å². The van der Waals surface area contributed by atoms with Crippen molar-refractivity contribution in [2.24, 2.45) is 5.73 Å². The van der Waals surface area contributed by atoms with Crippen molar-refractivity contribution in [3.8, 4) is 0 Å². The molecule has 1 rings (SSSR count). The van der Waals surface area contributed by atoms with Crippen LogP contribution in [-0.2, 0) is 4.79 Å². The first-order valence-electron chi connectivity index (χ1n) is 5.87. The lowest BCUT2D eigenvalue weighted by molar-refractivity contribution is -0.131. The average Bonchev–Trinajstić information content (AvgIpc) is 2.31. The molecule has 0 aromatic heterocycles. The Morgan fingerprint density at radius 1 is 1.35 bits per heavy atom. The van der Waals surface area contributed by atoms with Gasteiger partial charge in [0.15, 0.2) is 0 Å². The molecule has 94 valence electrons. The summed E-state index contributed by atoms with van der Waals surface area (Å²) < 4.78 is 0. The second kappa shape index (κ2) is 6.62. The molecule has 1 atom stereocenters. The largest absolute Gasteiger partial charge is 0.343 e. The molecule has 2 N–H and O–H groups in total. The minimum Gasteiger partial charge on any atom is -0.343 e. The van der Waals surface area contributed by atoms with Crippen molar-refractivity contribution < 1.29 is 4.79 Å². The molecule has 17 heavy (non-hydrogen) atoms. The van der Waals surface area contributed by atoms with E-state index in [2.05, 4.69) is 0 Å². The molecule has 4 heteroatoms. The van der Waals surface area contributed by atoms with Gasteiger partial charge in [-0.2, -0.15) is 0 Å². The Morgan fingerprint density at radius 2 is 1.94 bits per heavy atom. The Hall–Kier alpha value is -1.06. The van der Waals surface area contributed by atoms with E-state index < -0.39 is 0 Å². The van der Waals surface area contributed by atoms with Gasteiger partial charge in [-0.15, -0.1) is 0 Å². The maximum atomic E-state index is 11.9. The molecule has 0 saturated carbocycles. The molecule has 0 bridgehead atoms. The predicted octanol–water partition coefficient (Wildman–Crippen LogP) is 2.60. The number of halogens is 1. The third kappa shape index (κ3) is 3.72. The second-order valence-corrected chi connectivity index (χ2v) is 4.31. The van der Waals surface area contributed by atoms with Crippen LogP contribution in [0, 0.1) is 0 Å². The average molecular weight is 255 g/mol. The first kappa shape index (κ1) is 14.0. The smallest absolute Gasteiger partial charge is 0.224 e. The van der Waals surface area contributed by atoms with Crippen LogP contribution in [-0.4, -0.2) is 23.9 Å². The summed E-state index contributed by atoms with van der Waals surface area (Å²) in [7, 11) is 0. The Kier molecular flexibility index (Phi) is 5.45. The lowest BCUT2D eigenvalue weighted by Crippen LogP contribution is -2.33. The van der Waals surface area contributed by atoms with Crippen LogP contribution >= 0.6 is 11.6 Å². The second-order valence-electron chi connectivity index (χ2n) is 3.90. The molecule has 3 nitrogen and oxygen atoms in total. The molecular weight excluding hydrogens is 236 g/mol. The number of hydrogen-bond donors (Lipinski definition) is 1. The first-order valence-corrected chi connectivity index (χ1v) is 6.25. The Morgan fingerprint density at radius 3 is 2.47 bits per heavy atom. The van der Waals surface area contributed by atoms with E-state index in [4.69, 9.17) is 17.3 Å². The minimum absolute atomic E-state index is 0.0717. The van der Waals surface area contributed by atoms with E-state index in [9.17, 15) is 4.79 Å². The van der Waals surface area contributed by atoms with Crippen LogP contribution in [0.5, 0.6) is 0 Å². The van der Waals surface area contributed by atoms with Gasteiger partial charge in [0.2, 0.25) is 5.91 Å². The summed E-state index contributed by atoms with van der Waals surface area (Å²) in [5, 5.41) is 0.618. The topological polar surface area (TPSA) is 46.3 Å². The number of hydrogen-bond acceptors (Lipinski definition) is 2. The van der Waals surface area contributed by atoms with Gasteiger partial charge in [0.1, 0.15) is 0 Å². The van der Waals surface area contributed by atoms with Crippen LogP contribution < -0.4 is 5.73 Å². The normalized spacial score (nSPS) is 12.2. The lowest BCUT2D eigenvalue weighted by Gasteiger charge is -2.21. The third-order valence-corrected chi connectivity index (χ3v) is 3.16. The van der Waals surface area contributed by atoms with Crippen molar-refractivity contribution in [2.45, 2.75) is 26.3 Å². The van der Waals surface area contributed by atoms with Gasteiger partial charge < -0.3 is 10.6 Å². The van der Waals surface area contributed by atoms with Crippen LogP contribution in [0.25, 0.3) is 0 Å². The SMILES string of the molecule is CCN(CC)C(=O)CC(N)c1ccccc1Cl. The summed E-state index contributed by atoms with van der Waals surface area (Å²) in [5.41, 5.74) is 6.84. The van der Waals surface area contributed by atoms with E-state index in [0.717, 1.165) is 5.56 Å². The van der Waals surface area contributed by atoms with Gasteiger partial charge in [-0.25, -0.2) is 0 Å². The molecule has 1 aromatic rings. The molecule has 0 fully saturated rings. The summed E-state index contributed by atoms with van der Waals surface area (Å²) in [4.78, 5) is 13.7. The molecule has 0 heterocycles. The molecule has 1 amide bonds. The van der Waals surface area contributed by atoms with Gasteiger partial charge in [0, 0.05) is 30.6 Å². The predicted molar refractivity (Wildman–Crippen MR) is 70.9 cm³/mol. The summed E-state index contributed by atoms with van der Waals surface area (Å²) in [5.74, 6) is 0.0717. The van der Waals surface area contributed by atoms with Crippen molar-refractivity contribution >= 4 is 17.5 Å². The van der Waals surface area contributed by atoms with Gasteiger partial charge in [0.25, 0.3) is 0 Å². The summed E-state index contributed by atoms with van der Waals surface area (Å²) in [6, 6.07) is 7.05. The highest BCUT2D eigenvalue weighted by Crippen LogP contribution is 2.23. The standard InChI is InChI=1S/C13H19ClN2O/c1-3-16(4-2)13(17)9-12(15)10-7-5-6-8-11(10)14/h5-8,12H,3-4,9,15H2,1-2H3. The highest BCUT2D eigenvalue weighted by molar-refractivity contribution is 6.31. The molecule has 0 aliphatic carbocycles. The Bertz CT molecular complexity index is 377. The van der Waals surface area contributed by atoms with E-state index in [-0.39, 0.29) is 11.9 Å². The van der Waals surface area contributed by atoms with Crippen LogP contribution in [0.1, 0.15) is 31.9 Å². The van der Waals surface area contributed by atoms with E-state index >= 15 is 0 Å². The van der Waals surface area contributed by atoms with Gasteiger partial charge in [0.05, 0.1) is 0 Å². The summed E-state index contributed by atoms with van der Waals surface area (Å²) in [6.07, 6.45) is 0.297. The number of benzene rings is 1. The fraction of sp³-hybridized carbons (Fsp3) is 0.462. The molecule has 0 aliphatic heterocycles. The van der Waals surface area contributed by atoms with Crippen molar-refractivity contribution in [1.29, 1.82) is 0 Å². The van der Waals surface area contributed by atoms with Crippen LogP contribution in [0.2, 0.25) is 5.02 Å². The van der Waals surface area contributed by atoms with Gasteiger partial charge in [-0.3, -0.25) is 4.79 Å². The fourth-order valence-corrected chi connectivity index (χ4v) is 2.06. The maximum absolute atomic E-state index is 11.9. The summed E-state index contributed by atoms with van der Waals surface area (Å²) >= 11 is 6.04. The zero-order valence-electron chi connectivity index (χ0n) is 10.3. The highest BCUT2D eigenvalue weighted by Gasteiger charge is 2.17. The molecule has 1 aromatic carbocycles. The Balaban J connectivity index is 2.70. The van der Waals surface area contributed by atoms with Crippen molar-refractivity contribution in [3.05, 3.63) is 34.9 Å². The lowest BCUT2D eigenvalue weighted by atomic mass is 10.0. The van der Waals surface area contributed by atoms with Crippen molar-refractivity contribution in [1.82, 2.24) is 4.90 Å². The van der Waals surface area contributed by atoms with Gasteiger partial charge >= 0.3 is 0 Å². The monoisotopic (exact) mass is 254 g/mol. The van der Waals surface area contributed by atoms with E-state index in [1.165, 1.54) is 0 Å². The number of nitrogens with zero attached hydrogens (tertiary/aromatic N) is 1. The van der Waals surface area contributed by atoms with Crippen LogP contribution in [0.3, 0.4) is 0 Å². The van der Waals surface area contributed by atoms with E-state index in [1.54, 1.807) is 11.0 Å². The fourth-order valence-electron chi connectivity index (χ4n) is 1.78. The molecule has 1 unspecified atom stereocenters. The Labute approximate surface area is 108 Å². The summed E-state index contributed by atoms with van der Waals surface area (Å²) in [6.45, 7) is 5.35.